The second kappa shape index (κ2) is 7.90. The number of carbonyl (C=O) groups is 3. The first-order valence-electron chi connectivity index (χ1n) is 8.38. The molecular weight excluding hydrogens is 350 g/mol. The van der Waals surface area contributed by atoms with Crippen molar-refractivity contribution in [2.45, 2.75) is 13.0 Å². The molecular formula is C20H19NO6. The summed E-state index contributed by atoms with van der Waals surface area (Å²) in [5.74, 6) is 0.107. The van der Waals surface area contributed by atoms with Crippen molar-refractivity contribution in [1.29, 1.82) is 0 Å². The van der Waals surface area contributed by atoms with Crippen LogP contribution in [0.4, 0.5) is 10.5 Å². The van der Waals surface area contributed by atoms with Crippen LogP contribution in [0.15, 0.2) is 48.5 Å². The average molecular weight is 369 g/mol. The van der Waals surface area contributed by atoms with E-state index in [1.54, 1.807) is 48.5 Å². The number of cyclic esters (lactones) is 1. The monoisotopic (exact) mass is 369 g/mol. The quantitative estimate of drug-likeness (QED) is 0.575. The van der Waals surface area contributed by atoms with Gasteiger partial charge in [0, 0.05) is 11.3 Å². The number of amides is 1. The molecule has 0 N–H and O–H groups in total. The molecule has 1 unspecified atom stereocenters. The van der Waals surface area contributed by atoms with E-state index in [2.05, 4.69) is 4.74 Å². The predicted molar refractivity (Wildman–Crippen MR) is 97.3 cm³/mol. The zero-order valence-electron chi connectivity index (χ0n) is 15.0. The molecule has 7 heteroatoms. The van der Waals surface area contributed by atoms with Crippen molar-refractivity contribution >= 4 is 23.5 Å². The Bertz CT molecular complexity index is 844. The summed E-state index contributed by atoms with van der Waals surface area (Å²) in [5, 5.41) is 0. The first-order chi connectivity index (χ1) is 13.0. The fraction of sp³-hybridized carbons (Fsp3) is 0.250. The lowest BCUT2D eigenvalue weighted by Crippen LogP contribution is -2.26. The molecule has 0 aromatic heterocycles. The maximum atomic E-state index is 12.1. The molecule has 1 aliphatic rings. The summed E-state index contributed by atoms with van der Waals surface area (Å²) in [7, 11) is 1.32. The molecule has 0 bridgehead atoms. The van der Waals surface area contributed by atoms with Gasteiger partial charge < -0.3 is 14.2 Å². The number of hydrogen-bond donors (Lipinski definition) is 0. The van der Waals surface area contributed by atoms with Gasteiger partial charge in [-0.1, -0.05) is 0 Å². The highest BCUT2D eigenvalue weighted by Crippen LogP contribution is 2.23. The van der Waals surface area contributed by atoms with Crippen LogP contribution in [0.3, 0.4) is 0 Å². The van der Waals surface area contributed by atoms with Crippen molar-refractivity contribution < 1.29 is 28.6 Å². The topological polar surface area (TPSA) is 82.1 Å². The number of Topliss-reactive ketones (excluding diaryl/α,β-unsaturated/α-hetero) is 1. The molecule has 0 aliphatic carbocycles. The van der Waals surface area contributed by atoms with Gasteiger partial charge in [0.05, 0.1) is 19.2 Å². The van der Waals surface area contributed by atoms with Crippen LogP contribution in [-0.4, -0.2) is 44.2 Å². The Hall–Kier alpha value is -3.35. The van der Waals surface area contributed by atoms with Crippen LogP contribution in [0.25, 0.3) is 0 Å². The molecule has 7 nitrogen and oxygen atoms in total. The lowest BCUT2D eigenvalue weighted by Gasteiger charge is -2.13. The molecule has 1 atom stereocenters. The Morgan fingerprint density at radius 2 is 1.70 bits per heavy atom. The van der Waals surface area contributed by atoms with Gasteiger partial charge in [0.15, 0.2) is 11.9 Å². The number of ketones is 1. The summed E-state index contributed by atoms with van der Waals surface area (Å²) >= 11 is 0. The molecule has 1 saturated heterocycles. The first kappa shape index (κ1) is 18.4. The van der Waals surface area contributed by atoms with E-state index >= 15 is 0 Å². The van der Waals surface area contributed by atoms with Crippen LogP contribution in [0.1, 0.15) is 27.6 Å². The number of ether oxygens (including phenoxy) is 3. The van der Waals surface area contributed by atoms with E-state index < -0.39 is 18.2 Å². The molecule has 2 aromatic rings. The van der Waals surface area contributed by atoms with E-state index in [-0.39, 0.29) is 12.4 Å². The minimum Gasteiger partial charge on any atom is -0.490 e. The summed E-state index contributed by atoms with van der Waals surface area (Å²) in [6.07, 6.45) is -0.884. The molecule has 1 fully saturated rings. The van der Waals surface area contributed by atoms with Gasteiger partial charge in [-0.2, -0.15) is 0 Å². The summed E-state index contributed by atoms with van der Waals surface area (Å²) in [6.45, 7) is 2.02. The smallest absolute Gasteiger partial charge is 0.414 e. The number of esters is 1. The molecule has 0 spiro atoms. The zero-order chi connectivity index (χ0) is 19.4. The SMILES string of the molecule is COC(=O)c1ccc(OCC2CN(c3ccc(C(C)=O)cc3)C(=O)O2)cc1. The zero-order valence-corrected chi connectivity index (χ0v) is 15.0. The van der Waals surface area contributed by atoms with Crippen LogP contribution in [-0.2, 0) is 9.47 Å². The average Bonchev–Trinajstić information content (AvgIpc) is 3.07. The highest BCUT2D eigenvalue weighted by atomic mass is 16.6. The fourth-order valence-corrected chi connectivity index (χ4v) is 2.69. The molecule has 3 rings (SSSR count). The maximum Gasteiger partial charge on any atom is 0.414 e. The third kappa shape index (κ3) is 4.25. The number of methoxy groups -OCH3 is 1. The van der Waals surface area contributed by atoms with E-state index in [9.17, 15) is 14.4 Å². The third-order valence-corrected chi connectivity index (χ3v) is 4.17. The lowest BCUT2D eigenvalue weighted by molar-refractivity contribution is 0.0600. The Morgan fingerprint density at radius 1 is 1.07 bits per heavy atom. The summed E-state index contributed by atoms with van der Waals surface area (Å²) in [5.41, 5.74) is 1.67. The van der Waals surface area contributed by atoms with E-state index in [0.717, 1.165) is 0 Å². The van der Waals surface area contributed by atoms with Crippen molar-refractivity contribution in [2.24, 2.45) is 0 Å². The Morgan fingerprint density at radius 3 is 2.30 bits per heavy atom. The minimum atomic E-state index is -0.458. The van der Waals surface area contributed by atoms with E-state index in [1.807, 2.05) is 0 Å². The molecule has 2 aromatic carbocycles. The van der Waals surface area contributed by atoms with E-state index in [4.69, 9.17) is 9.47 Å². The molecule has 1 aliphatic heterocycles. The van der Waals surface area contributed by atoms with Crippen molar-refractivity contribution in [3.63, 3.8) is 0 Å². The standard InChI is InChI=1S/C20H19NO6/c1-13(22)14-3-7-16(8-4-14)21-11-18(27-20(21)24)12-26-17-9-5-15(6-10-17)19(23)25-2/h3-10,18H,11-12H2,1-2H3. The van der Waals surface area contributed by atoms with Crippen LogP contribution in [0.5, 0.6) is 5.75 Å². The van der Waals surface area contributed by atoms with Gasteiger partial charge in [0.2, 0.25) is 0 Å². The fourth-order valence-electron chi connectivity index (χ4n) is 2.69. The number of carbonyl (C=O) groups excluding carboxylic acids is 3. The van der Waals surface area contributed by atoms with Crippen LogP contribution in [0.2, 0.25) is 0 Å². The lowest BCUT2D eigenvalue weighted by atomic mass is 10.1. The largest absolute Gasteiger partial charge is 0.490 e. The minimum absolute atomic E-state index is 0.0324. The normalized spacial score (nSPS) is 16.0. The Labute approximate surface area is 156 Å². The number of benzene rings is 2. The second-order valence-corrected chi connectivity index (χ2v) is 6.05. The van der Waals surface area contributed by atoms with Gasteiger partial charge >= 0.3 is 12.1 Å². The van der Waals surface area contributed by atoms with Gasteiger partial charge in [-0.15, -0.1) is 0 Å². The Kier molecular flexibility index (Phi) is 5.40. The highest BCUT2D eigenvalue weighted by molar-refractivity contribution is 5.95. The molecule has 0 saturated carbocycles. The van der Waals surface area contributed by atoms with Crippen LogP contribution in [0, 0.1) is 0 Å². The van der Waals surface area contributed by atoms with Gasteiger partial charge in [-0.25, -0.2) is 9.59 Å². The maximum absolute atomic E-state index is 12.1. The van der Waals surface area contributed by atoms with E-state index in [0.29, 0.717) is 29.1 Å². The van der Waals surface area contributed by atoms with Crippen molar-refractivity contribution in [3.8, 4) is 5.75 Å². The predicted octanol–water partition coefficient (Wildman–Crippen LogP) is 3.08. The number of anilines is 1. The molecule has 1 amide bonds. The van der Waals surface area contributed by atoms with Gasteiger partial charge in [-0.05, 0) is 55.5 Å². The second-order valence-electron chi connectivity index (χ2n) is 6.05. The number of nitrogens with zero attached hydrogens (tertiary/aromatic N) is 1. The van der Waals surface area contributed by atoms with Gasteiger partial charge in [0.25, 0.3) is 0 Å². The number of rotatable bonds is 6. The molecule has 1 heterocycles. The molecule has 27 heavy (non-hydrogen) atoms. The van der Waals surface area contributed by atoms with Crippen LogP contribution < -0.4 is 9.64 Å². The molecule has 140 valence electrons. The number of hydrogen-bond acceptors (Lipinski definition) is 6. The van der Waals surface area contributed by atoms with Crippen molar-refractivity contribution in [2.75, 3.05) is 25.2 Å². The van der Waals surface area contributed by atoms with Gasteiger partial charge in [0.1, 0.15) is 12.4 Å². The molecule has 0 radical (unpaired) electrons. The van der Waals surface area contributed by atoms with Crippen molar-refractivity contribution in [1.82, 2.24) is 0 Å². The summed E-state index contributed by atoms with van der Waals surface area (Å²) in [4.78, 5) is 36.4. The third-order valence-electron chi connectivity index (χ3n) is 4.17. The first-order valence-corrected chi connectivity index (χ1v) is 8.38. The summed E-state index contributed by atoms with van der Waals surface area (Å²) < 4.78 is 15.6. The van der Waals surface area contributed by atoms with Crippen LogP contribution >= 0.6 is 0 Å². The summed E-state index contributed by atoms with van der Waals surface area (Å²) in [6, 6.07) is 13.3. The van der Waals surface area contributed by atoms with Gasteiger partial charge in [-0.3, -0.25) is 9.69 Å². The Balaban J connectivity index is 1.57. The van der Waals surface area contributed by atoms with Crippen molar-refractivity contribution in [3.05, 3.63) is 59.7 Å². The van der Waals surface area contributed by atoms with E-state index in [1.165, 1.54) is 18.9 Å². The highest BCUT2D eigenvalue weighted by Gasteiger charge is 2.32.